The molecular weight excluding hydrogens is 387 g/mol. The van der Waals surface area contributed by atoms with E-state index in [2.05, 4.69) is 44.3 Å². The highest BCUT2D eigenvalue weighted by Gasteiger charge is 2.50. The van der Waals surface area contributed by atoms with E-state index in [1.807, 2.05) is 41.2 Å². The van der Waals surface area contributed by atoms with Gasteiger partial charge >= 0.3 is 0 Å². The van der Waals surface area contributed by atoms with Crippen LogP contribution in [-0.4, -0.2) is 18.6 Å². The molecule has 1 unspecified atom stereocenters. The van der Waals surface area contributed by atoms with E-state index in [0.29, 0.717) is 6.37 Å². The van der Waals surface area contributed by atoms with Crippen molar-refractivity contribution in [2.24, 2.45) is 0 Å². The molecule has 1 atom stereocenters. The topological polar surface area (TPSA) is 37.0 Å². The molecule has 8 heteroatoms. The van der Waals surface area contributed by atoms with Gasteiger partial charge in [-0.2, -0.15) is 0 Å². The molecule has 2 aliphatic heterocycles. The largest absolute Gasteiger partial charge is 0.292 e. The maximum Gasteiger partial charge on any atom is 0.272 e. The number of nitrogens with one attached hydrogen (secondary N) is 1. The van der Waals surface area contributed by atoms with Crippen molar-refractivity contribution in [2.45, 2.75) is 38.9 Å². The maximum atomic E-state index is 5.93. The molecule has 2 aliphatic rings. The molecule has 3 rings (SSSR count). The number of benzene rings is 1. The Kier molecular flexibility index (Phi) is 3.70. The minimum Gasteiger partial charge on any atom is -0.292 e. The highest BCUT2D eigenvalue weighted by Crippen LogP contribution is 2.40. The number of hydrazine groups is 1. The van der Waals surface area contributed by atoms with Crippen LogP contribution in [0.25, 0.3) is 0 Å². The molecule has 0 amide bonds. The second kappa shape index (κ2) is 4.99. The van der Waals surface area contributed by atoms with E-state index in [1.165, 1.54) is 10.9 Å². The van der Waals surface area contributed by atoms with Gasteiger partial charge < -0.3 is 0 Å². The SMILES string of the molecule is CC1(C)ON(c2ccc3c(c2)[B]NN3PI)OC1(C)C. The first-order chi connectivity index (χ1) is 9.34. The van der Waals surface area contributed by atoms with Crippen molar-refractivity contribution in [2.75, 3.05) is 10.0 Å². The molecule has 0 aromatic heterocycles. The van der Waals surface area contributed by atoms with Crippen LogP contribution in [0.1, 0.15) is 27.7 Å². The summed E-state index contributed by atoms with van der Waals surface area (Å²) in [7, 11) is 2.00. The van der Waals surface area contributed by atoms with Crippen molar-refractivity contribution >= 4 is 52.7 Å². The van der Waals surface area contributed by atoms with Gasteiger partial charge in [-0.25, -0.2) is 9.68 Å². The lowest BCUT2D eigenvalue weighted by atomic mass is 9.84. The van der Waals surface area contributed by atoms with Crippen LogP contribution in [0.3, 0.4) is 0 Å². The Morgan fingerprint density at radius 1 is 1.20 bits per heavy atom. The van der Waals surface area contributed by atoms with Gasteiger partial charge in [0, 0.05) is 0 Å². The third-order valence-corrected chi connectivity index (χ3v) is 5.96. The Morgan fingerprint density at radius 2 is 1.85 bits per heavy atom. The number of hydrogen-bond acceptors (Lipinski definition) is 5. The summed E-state index contributed by atoms with van der Waals surface area (Å²) in [6.07, 6.45) is 0.649. The minimum atomic E-state index is -0.371. The fourth-order valence-electron chi connectivity index (χ4n) is 2.01. The Labute approximate surface area is 134 Å². The fraction of sp³-hybridized carbons (Fsp3) is 0.500. The first-order valence-corrected chi connectivity index (χ1v) is 10.5. The van der Waals surface area contributed by atoms with E-state index in [0.717, 1.165) is 11.2 Å². The van der Waals surface area contributed by atoms with Crippen LogP contribution in [-0.2, 0) is 9.68 Å². The Hall–Kier alpha value is -0.0751. The standard InChI is InChI=1S/C12H17BIN3O2P/c1-11(2)12(3,4)19-17(18-11)8-5-6-10-9(7-8)13-15-16(10)20-14/h5-7,15,20H,1-4H3. The molecule has 1 saturated heterocycles. The van der Waals surface area contributed by atoms with Crippen molar-refractivity contribution < 1.29 is 9.68 Å². The summed E-state index contributed by atoms with van der Waals surface area (Å²) >= 11 is 2.35. The van der Waals surface area contributed by atoms with Crippen LogP contribution in [0.4, 0.5) is 11.4 Å². The third kappa shape index (κ3) is 2.33. The van der Waals surface area contributed by atoms with Gasteiger partial charge in [0.05, 0.1) is 17.7 Å². The van der Waals surface area contributed by atoms with E-state index in [4.69, 9.17) is 9.68 Å². The molecule has 1 aromatic rings. The smallest absolute Gasteiger partial charge is 0.272 e. The Morgan fingerprint density at radius 3 is 2.45 bits per heavy atom. The molecule has 1 aromatic carbocycles. The highest BCUT2D eigenvalue weighted by atomic mass is 127. The van der Waals surface area contributed by atoms with E-state index in [1.54, 1.807) is 0 Å². The van der Waals surface area contributed by atoms with Gasteiger partial charge in [0.2, 0.25) is 0 Å². The average Bonchev–Trinajstić information content (AvgIpc) is 2.87. The zero-order valence-electron chi connectivity index (χ0n) is 11.9. The summed E-state index contributed by atoms with van der Waals surface area (Å²) in [6.45, 7) is 8.14. The van der Waals surface area contributed by atoms with Crippen molar-refractivity contribution in [1.29, 1.82) is 0 Å². The molecule has 2 heterocycles. The van der Waals surface area contributed by atoms with Crippen molar-refractivity contribution in [3.05, 3.63) is 18.2 Å². The number of rotatable bonds is 2. The molecule has 1 fully saturated rings. The van der Waals surface area contributed by atoms with Gasteiger partial charge in [-0.1, -0.05) is 0 Å². The molecule has 0 aliphatic carbocycles. The molecule has 1 N–H and O–H groups in total. The first-order valence-electron chi connectivity index (χ1n) is 6.42. The lowest BCUT2D eigenvalue weighted by Gasteiger charge is -2.26. The predicted octanol–water partition coefficient (Wildman–Crippen LogP) is 2.44. The summed E-state index contributed by atoms with van der Waals surface area (Å²) in [5.41, 5.74) is 2.48. The number of halogens is 1. The van der Waals surface area contributed by atoms with E-state index < -0.39 is 0 Å². The number of nitrogens with zero attached hydrogens (tertiary/aromatic N) is 2. The fourth-order valence-corrected chi connectivity index (χ4v) is 3.61. The van der Waals surface area contributed by atoms with Crippen LogP contribution < -0.4 is 20.8 Å². The van der Waals surface area contributed by atoms with Crippen LogP contribution >= 0.6 is 28.4 Å². The van der Waals surface area contributed by atoms with Crippen LogP contribution in [0, 0.1) is 0 Å². The van der Waals surface area contributed by atoms with Gasteiger partial charge in [0.15, 0.2) is 0 Å². The molecule has 0 saturated carbocycles. The highest BCUT2D eigenvalue weighted by molar-refractivity contribution is 14.2. The zero-order chi connectivity index (χ0) is 14.5. The second-order valence-corrected chi connectivity index (χ2v) is 7.96. The normalized spacial score (nSPS) is 23.4. The number of hydrogen-bond donors (Lipinski definition) is 1. The Balaban J connectivity index is 1.87. The summed E-state index contributed by atoms with van der Waals surface area (Å²) in [4.78, 5) is 11.9. The summed E-state index contributed by atoms with van der Waals surface area (Å²) in [5.74, 6) is 0. The molecule has 0 spiro atoms. The van der Waals surface area contributed by atoms with E-state index >= 15 is 0 Å². The maximum absolute atomic E-state index is 5.93. The molecule has 107 valence electrons. The van der Waals surface area contributed by atoms with Gasteiger partial charge in [0.25, 0.3) is 7.41 Å². The van der Waals surface area contributed by atoms with Crippen molar-refractivity contribution in [1.82, 2.24) is 5.34 Å². The quantitative estimate of drug-likeness (QED) is 0.466. The van der Waals surface area contributed by atoms with Crippen molar-refractivity contribution in [3.63, 3.8) is 0 Å². The predicted molar refractivity (Wildman–Crippen MR) is 92.6 cm³/mol. The molecule has 1 radical (unpaired) electrons. The van der Waals surface area contributed by atoms with Gasteiger partial charge in [0.1, 0.15) is 11.2 Å². The summed E-state index contributed by atoms with van der Waals surface area (Å²) in [6, 6.07) is 6.16. The Bertz CT molecular complexity index is 527. The summed E-state index contributed by atoms with van der Waals surface area (Å²) < 4.78 is 2.11. The number of anilines is 2. The molecule has 0 bridgehead atoms. The molecule has 5 nitrogen and oxygen atoms in total. The second-order valence-electron chi connectivity index (χ2n) is 5.90. The van der Waals surface area contributed by atoms with Crippen LogP contribution in [0.15, 0.2) is 18.2 Å². The van der Waals surface area contributed by atoms with Gasteiger partial charge in [-0.15, -0.1) is 5.23 Å². The lowest BCUT2D eigenvalue weighted by Crippen LogP contribution is -2.41. The van der Waals surface area contributed by atoms with Gasteiger partial charge in [-0.05, 0) is 73.4 Å². The minimum absolute atomic E-state index is 0.371. The third-order valence-electron chi connectivity index (χ3n) is 3.97. The number of fused-ring (bicyclic) bond motifs is 1. The molecular formula is C12H17BIN3O2P. The monoisotopic (exact) mass is 404 g/mol. The zero-order valence-corrected chi connectivity index (χ0v) is 15.1. The average molecular weight is 404 g/mol. The van der Waals surface area contributed by atoms with Crippen LogP contribution in [0.5, 0.6) is 0 Å². The first kappa shape index (κ1) is 14.8. The van der Waals surface area contributed by atoms with E-state index in [-0.39, 0.29) is 11.2 Å². The summed E-state index contributed by atoms with van der Waals surface area (Å²) in [5, 5.41) is 4.77. The lowest BCUT2D eigenvalue weighted by molar-refractivity contribution is -0.0272. The van der Waals surface area contributed by atoms with E-state index in [9.17, 15) is 0 Å². The van der Waals surface area contributed by atoms with Crippen LogP contribution in [0.2, 0.25) is 0 Å². The van der Waals surface area contributed by atoms with Gasteiger partial charge in [-0.3, -0.25) is 10.1 Å². The van der Waals surface area contributed by atoms with Crippen molar-refractivity contribution in [3.8, 4) is 0 Å². The molecule has 20 heavy (non-hydrogen) atoms.